The Hall–Kier alpha value is -1.23. The van der Waals surface area contributed by atoms with E-state index < -0.39 is 0 Å². The van der Waals surface area contributed by atoms with Crippen LogP contribution in [0.4, 0.5) is 0 Å². The van der Waals surface area contributed by atoms with E-state index >= 15 is 0 Å². The van der Waals surface area contributed by atoms with Crippen molar-refractivity contribution in [3.8, 4) is 11.5 Å². The zero-order valence-electron chi connectivity index (χ0n) is 13.2. The highest BCUT2D eigenvalue weighted by atomic mass is 79.9. The van der Waals surface area contributed by atoms with Gasteiger partial charge in [-0.3, -0.25) is 4.79 Å². The summed E-state index contributed by atoms with van der Waals surface area (Å²) in [6.07, 6.45) is 2.09. The van der Waals surface area contributed by atoms with E-state index in [0.29, 0.717) is 36.1 Å². The van der Waals surface area contributed by atoms with Crippen molar-refractivity contribution in [1.29, 1.82) is 0 Å². The van der Waals surface area contributed by atoms with E-state index in [0.717, 1.165) is 17.3 Å². The van der Waals surface area contributed by atoms with Gasteiger partial charge >= 0.3 is 0 Å². The average molecular weight is 358 g/mol. The van der Waals surface area contributed by atoms with E-state index in [2.05, 4.69) is 35.1 Å². The molecule has 1 N–H and O–H groups in total. The fraction of sp³-hybridized carbons (Fsp3) is 0.562. The lowest BCUT2D eigenvalue weighted by Crippen LogP contribution is -2.24. The van der Waals surface area contributed by atoms with Crippen molar-refractivity contribution in [3.63, 3.8) is 0 Å². The van der Waals surface area contributed by atoms with Gasteiger partial charge in [-0.2, -0.15) is 0 Å². The van der Waals surface area contributed by atoms with E-state index in [4.69, 9.17) is 9.47 Å². The van der Waals surface area contributed by atoms with Crippen molar-refractivity contribution in [2.45, 2.75) is 33.6 Å². The summed E-state index contributed by atoms with van der Waals surface area (Å²) in [4.78, 5) is 12.2. The molecule has 0 heterocycles. The van der Waals surface area contributed by atoms with Crippen molar-refractivity contribution in [2.24, 2.45) is 5.92 Å². The molecule has 1 amide bonds. The lowest BCUT2D eigenvalue weighted by molar-refractivity contribution is 0.0952. The molecule has 0 atom stereocenters. The minimum Gasteiger partial charge on any atom is -0.493 e. The highest BCUT2D eigenvalue weighted by Crippen LogP contribution is 2.36. The van der Waals surface area contributed by atoms with Gasteiger partial charge in [0.2, 0.25) is 0 Å². The lowest BCUT2D eigenvalue weighted by Gasteiger charge is -2.13. The molecule has 0 unspecified atom stereocenters. The summed E-state index contributed by atoms with van der Waals surface area (Å²) >= 11 is 3.42. The predicted octanol–water partition coefficient (Wildman–Crippen LogP) is 4.02. The van der Waals surface area contributed by atoms with Gasteiger partial charge in [0.15, 0.2) is 11.5 Å². The fourth-order valence-electron chi connectivity index (χ4n) is 1.95. The van der Waals surface area contributed by atoms with Crippen LogP contribution in [0.25, 0.3) is 0 Å². The van der Waals surface area contributed by atoms with E-state index in [1.165, 1.54) is 0 Å². The van der Waals surface area contributed by atoms with Gasteiger partial charge in [0.25, 0.3) is 5.91 Å². The Morgan fingerprint density at radius 1 is 1.38 bits per heavy atom. The summed E-state index contributed by atoms with van der Waals surface area (Å²) in [5.74, 6) is 1.73. The molecule has 1 aromatic rings. The van der Waals surface area contributed by atoms with Crippen LogP contribution in [0.3, 0.4) is 0 Å². The number of nitrogens with one attached hydrogen (secondary N) is 1. The van der Waals surface area contributed by atoms with Crippen LogP contribution in [0.15, 0.2) is 16.6 Å². The Kier molecular flexibility index (Phi) is 7.57. The molecule has 0 fully saturated rings. The number of ether oxygens (including phenoxy) is 2. The quantitative estimate of drug-likeness (QED) is 0.714. The number of methoxy groups -OCH3 is 1. The first-order chi connectivity index (χ1) is 9.99. The first-order valence-corrected chi connectivity index (χ1v) is 8.07. The molecule has 5 heteroatoms. The second kappa shape index (κ2) is 8.93. The summed E-state index contributed by atoms with van der Waals surface area (Å²) < 4.78 is 11.5. The molecule has 118 valence electrons. The van der Waals surface area contributed by atoms with Gasteiger partial charge in [0.1, 0.15) is 0 Å². The lowest BCUT2D eigenvalue weighted by atomic mass is 10.1. The van der Waals surface area contributed by atoms with Crippen molar-refractivity contribution >= 4 is 21.8 Å². The Morgan fingerprint density at radius 2 is 2.10 bits per heavy atom. The molecule has 4 nitrogen and oxygen atoms in total. The number of hydrogen-bond acceptors (Lipinski definition) is 3. The molecule has 0 spiro atoms. The SMILES string of the molecule is CCOc1c(Br)cc(C(=O)NCCCC(C)C)cc1OC. The van der Waals surface area contributed by atoms with Crippen LogP contribution in [0.1, 0.15) is 44.0 Å². The molecule has 0 radical (unpaired) electrons. The molecule has 1 rings (SSSR count). The van der Waals surface area contributed by atoms with Crippen molar-refractivity contribution < 1.29 is 14.3 Å². The number of rotatable bonds is 8. The van der Waals surface area contributed by atoms with E-state index in [1.54, 1.807) is 19.2 Å². The van der Waals surface area contributed by atoms with Gasteiger partial charge in [-0.1, -0.05) is 13.8 Å². The third-order valence-electron chi connectivity index (χ3n) is 3.02. The highest BCUT2D eigenvalue weighted by molar-refractivity contribution is 9.10. The summed E-state index contributed by atoms with van der Waals surface area (Å²) in [5, 5.41) is 2.93. The normalized spacial score (nSPS) is 10.6. The smallest absolute Gasteiger partial charge is 0.251 e. The molecule has 0 bridgehead atoms. The maximum atomic E-state index is 12.2. The van der Waals surface area contributed by atoms with Gasteiger partial charge in [-0.05, 0) is 53.7 Å². The Labute approximate surface area is 135 Å². The number of carbonyl (C=O) groups is 1. The van der Waals surface area contributed by atoms with Crippen LogP contribution < -0.4 is 14.8 Å². The van der Waals surface area contributed by atoms with Crippen molar-refractivity contribution in [3.05, 3.63) is 22.2 Å². The number of benzene rings is 1. The van der Waals surface area contributed by atoms with Crippen LogP contribution >= 0.6 is 15.9 Å². The average Bonchev–Trinajstić information content (AvgIpc) is 2.45. The number of halogens is 1. The second-order valence-corrected chi connectivity index (χ2v) is 6.07. The molecular weight excluding hydrogens is 334 g/mol. The van der Waals surface area contributed by atoms with Crippen LogP contribution in [0.2, 0.25) is 0 Å². The topological polar surface area (TPSA) is 47.6 Å². The molecule has 0 aliphatic rings. The number of carbonyl (C=O) groups excluding carboxylic acids is 1. The molecule has 0 saturated heterocycles. The van der Waals surface area contributed by atoms with E-state index in [9.17, 15) is 4.79 Å². The first kappa shape index (κ1) is 17.8. The zero-order valence-corrected chi connectivity index (χ0v) is 14.7. The standard InChI is InChI=1S/C16H24BrNO3/c1-5-21-15-13(17)9-12(10-14(15)20-4)16(19)18-8-6-7-11(2)3/h9-11H,5-8H2,1-4H3,(H,18,19). The molecule has 0 aromatic heterocycles. The number of hydrogen-bond donors (Lipinski definition) is 1. The predicted molar refractivity (Wildman–Crippen MR) is 88.3 cm³/mol. The highest BCUT2D eigenvalue weighted by Gasteiger charge is 2.15. The minimum atomic E-state index is -0.0965. The van der Waals surface area contributed by atoms with Crippen LogP contribution in [-0.2, 0) is 0 Å². The Balaban J connectivity index is 2.74. The molecule has 1 aromatic carbocycles. The Bertz CT molecular complexity index is 475. The van der Waals surface area contributed by atoms with Gasteiger partial charge < -0.3 is 14.8 Å². The third kappa shape index (κ3) is 5.58. The molecule has 0 aliphatic heterocycles. The summed E-state index contributed by atoms with van der Waals surface area (Å²) in [7, 11) is 1.56. The van der Waals surface area contributed by atoms with Gasteiger partial charge in [0.05, 0.1) is 18.2 Å². The van der Waals surface area contributed by atoms with Crippen LogP contribution in [-0.4, -0.2) is 26.2 Å². The zero-order chi connectivity index (χ0) is 15.8. The molecule has 0 saturated carbocycles. The van der Waals surface area contributed by atoms with Gasteiger partial charge in [-0.15, -0.1) is 0 Å². The molecule has 0 aliphatic carbocycles. The van der Waals surface area contributed by atoms with E-state index in [-0.39, 0.29) is 5.91 Å². The van der Waals surface area contributed by atoms with Crippen molar-refractivity contribution in [2.75, 3.05) is 20.3 Å². The largest absolute Gasteiger partial charge is 0.493 e. The van der Waals surface area contributed by atoms with Crippen LogP contribution in [0, 0.1) is 5.92 Å². The number of amides is 1. The first-order valence-electron chi connectivity index (χ1n) is 7.28. The second-order valence-electron chi connectivity index (χ2n) is 5.21. The van der Waals surface area contributed by atoms with Gasteiger partial charge in [0, 0.05) is 12.1 Å². The van der Waals surface area contributed by atoms with Crippen molar-refractivity contribution in [1.82, 2.24) is 5.32 Å². The minimum absolute atomic E-state index is 0.0965. The fourth-order valence-corrected chi connectivity index (χ4v) is 2.51. The maximum absolute atomic E-state index is 12.2. The summed E-state index contributed by atoms with van der Waals surface area (Å²) in [5.41, 5.74) is 0.562. The molecular formula is C16H24BrNO3. The van der Waals surface area contributed by atoms with Gasteiger partial charge in [-0.25, -0.2) is 0 Å². The Morgan fingerprint density at radius 3 is 2.67 bits per heavy atom. The maximum Gasteiger partial charge on any atom is 0.251 e. The van der Waals surface area contributed by atoms with Crippen LogP contribution in [0.5, 0.6) is 11.5 Å². The third-order valence-corrected chi connectivity index (χ3v) is 3.61. The van der Waals surface area contributed by atoms with E-state index in [1.807, 2.05) is 6.92 Å². The summed E-state index contributed by atoms with van der Waals surface area (Å²) in [6, 6.07) is 3.46. The monoisotopic (exact) mass is 357 g/mol. The molecule has 21 heavy (non-hydrogen) atoms. The summed E-state index contributed by atoms with van der Waals surface area (Å²) in [6.45, 7) is 7.48.